The fourth-order valence-corrected chi connectivity index (χ4v) is 4.77. The molecule has 36 heavy (non-hydrogen) atoms. The van der Waals surface area contributed by atoms with Gasteiger partial charge in [-0.25, -0.2) is 8.78 Å². The van der Waals surface area contributed by atoms with E-state index in [0.29, 0.717) is 34.4 Å². The number of ether oxygens (including phenoxy) is 1. The monoisotopic (exact) mass is 491 g/mol. The summed E-state index contributed by atoms with van der Waals surface area (Å²) in [5, 5.41) is 6.19. The van der Waals surface area contributed by atoms with Crippen LogP contribution in [-0.4, -0.2) is 56.0 Å². The van der Waals surface area contributed by atoms with Crippen LogP contribution in [0.3, 0.4) is 0 Å². The van der Waals surface area contributed by atoms with Crippen LogP contribution in [0.2, 0.25) is 0 Å². The number of carbonyl (C=O) groups is 2. The van der Waals surface area contributed by atoms with Crippen molar-refractivity contribution in [2.75, 3.05) is 50.0 Å². The highest BCUT2D eigenvalue weighted by molar-refractivity contribution is 6.12. The maximum atomic E-state index is 14.4. The third-order valence-electron chi connectivity index (χ3n) is 6.69. The Morgan fingerprint density at radius 1 is 0.944 bits per heavy atom. The number of nitrogens with zero attached hydrogens (tertiary/aromatic N) is 1. The topological polar surface area (TPSA) is 70.7 Å². The average Bonchev–Trinajstić information content (AvgIpc) is 3.29. The summed E-state index contributed by atoms with van der Waals surface area (Å²) < 4.78 is 33.6. The van der Waals surface area contributed by atoms with Gasteiger partial charge in [-0.15, -0.1) is 0 Å². The van der Waals surface area contributed by atoms with E-state index in [2.05, 4.69) is 15.5 Å². The molecule has 2 aliphatic rings. The Labute approximate surface area is 208 Å². The van der Waals surface area contributed by atoms with Crippen LogP contribution < -0.4 is 10.6 Å². The number of anilines is 2. The van der Waals surface area contributed by atoms with Gasteiger partial charge < -0.3 is 15.4 Å². The normalized spacial score (nSPS) is 15.6. The van der Waals surface area contributed by atoms with Crippen molar-refractivity contribution in [1.82, 2.24) is 4.90 Å². The SMILES string of the molecule is O=C(Nc1ccc(-c2cccc(F)c2F)c2c1C(=O)CC2)c1ccc(NCCN2CCOCC2)cc1. The first kappa shape index (κ1) is 24.1. The average molecular weight is 492 g/mol. The van der Waals surface area contributed by atoms with Gasteiger partial charge in [-0.3, -0.25) is 14.5 Å². The lowest BCUT2D eigenvalue weighted by Gasteiger charge is -2.26. The van der Waals surface area contributed by atoms with E-state index in [-0.39, 0.29) is 23.7 Å². The maximum Gasteiger partial charge on any atom is 0.255 e. The van der Waals surface area contributed by atoms with Gasteiger partial charge in [-0.05, 0) is 53.9 Å². The number of morpholine rings is 1. The number of amides is 1. The van der Waals surface area contributed by atoms with Gasteiger partial charge in [0.25, 0.3) is 5.91 Å². The Morgan fingerprint density at radius 3 is 2.50 bits per heavy atom. The molecule has 1 amide bonds. The molecule has 1 aliphatic heterocycles. The van der Waals surface area contributed by atoms with Crippen molar-refractivity contribution < 1.29 is 23.1 Å². The van der Waals surface area contributed by atoms with Crippen LogP contribution in [0.1, 0.15) is 32.7 Å². The van der Waals surface area contributed by atoms with E-state index in [0.717, 1.165) is 51.1 Å². The quantitative estimate of drug-likeness (QED) is 0.499. The number of hydrogen-bond acceptors (Lipinski definition) is 5. The third-order valence-corrected chi connectivity index (χ3v) is 6.69. The van der Waals surface area contributed by atoms with E-state index in [1.165, 1.54) is 12.1 Å². The first-order chi connectivity index (χ1) is 17.5. The lowest BCUT2D eigenvalue weighted by atomic mass is 9.95. The summed E-state index contributed by atoms with van der Waals surface area (Å²) in [5.74, 6) is -2.36. The smallest absolute Gasteiger partial charge is 0.255 e. The Hall–Kier alpha value is -3.62. The van der Waals surface area contributed by atoms with Crippen molar-refractivity contribution in [3.63, 3.8) is 0 Å². The fraction of sp³-hybridized carbons (Fsp3) is 0.286. The zero-order valence-electron chi connectivity index (χ0n) is 19.8. The van der Waals surface area contributed by atoms with Crippen LogP contribution in [0.25, 0.3) is 11.1 Å². The molecule has 1 heterocycles. The zero-order chi connectivity index (χ0) is 25.1. The van der Waals surface area contributed by atoms with Gasteiger partial charge in [0.2, 0.25) is 0 Å². The molecule has 1 aliphatic carbocycles. The summed E-state index contributed by atoms with van der Waals surface area (Å²) in [6, 6.07) is 14.4. The lowest BCUT2D eigenvalue weighted by molar-refractivity contribution is 0.0398. The summed E-state index contributed by atoms with van der Waals surface area (Å²) in [6.07, 6.45) is 0.672. The molecule has 0 unspecified atom stereocenters. The number of Topliss-reactive ketones (excluding diaryl/α,β-unsaturated/α-hetero) is 1. The summed E-state index contributed by atoms with van der Waals surface area (Å²) in [4.78, 5) is 27.9. The first-order valence-corrected chi connectivity index (χ1v) is 12.1. The first-order valence-electron chi connectivity index (χ1n) is 12.1. The van der Waals surface area contributed by atoms with Crippen molar-refractivity contribution in [1.29, 1.82) is 0 Å². The van der Waals surface area contributed by atoms with Gasteiger partial charge in [0.1, 0.15) is 0 Å². The zero-order valence-corrected chi connectivity index (χ0v) is 19.8. The van der Waals surface area contributed by atoms with Crippen molar-refractivity contribution >= 4 is 23.1 Å². The molecule has 8 heteroatoms. The van der Waals surface area contributed by atoms with E-state index >= 15 is 0 Å². The van der Waals surface area contributed by atoms with Crippen LogP contribution in [0.5, 0.6) is 0 Å². The Balaban J connectivity index is 1.28. The highest BCUT2D eigenvalue weighted by atomic mass is 19.2. The second kappa shape index (κ2) is 10.6. The van der Waals surface area contributed by atoms with E-state index in [4.69, 9.17) is 4.74 Å². The summed E-state index contributed by atoms with van der Waals surface area (Å²) in [6.45, 7) is 5.11. The van der Waals surface area contributed by atoms with Crippen LogP contribution in [0.4, 0.5) is 20.2 Å². The minimum Gasteiger partial charge on any atom is -0.384 e. The molecule has 5 rings (SSSR count). The Kier molecular flexibility index (Phi) is 7.06. The largest absolute Gasteiger partial charge is 0.384 e. The fourth-order valence-electron chi connectivity index (χ4n) is 4.77. The minimum absolute atomic E-state index is 0.107. The minimum atomic E-state index is -0.950. The number of hydrogen-bond donors (Lipinski definition) is 2. The van der Waals surface area contributed by atoms with Gasteiger partial charge in [0.05, 0.1) is 18.9 Å². The van der Waals surface area contributed by atoms with Crippen LogP contribution in [0, 0.1) is 11.6 Å². The molecule has 0 spiro atoms. The number of ketones is 1. The van der Waals surface area contributed by atoms with Crippen molar-refractivity contribution in [3.05, 3.63) is 82.9 Å². The molecule has 3 aromatic carbocycles. The lowest BCUT2D eigenvalue weighted by Crippen LogP contribution is -2.39. The van der Waals surface area contributed by atoms with Crippen molar-refractivity contribution in [3.8, 4) is 11.1 Å². The number of nitrogens with one attached hydrogen (secondary N) is 2. The number of rotatable bonds is 7. The second-order valence-corrected chi connectivity index (χ2v) is 8.95. The van der Waals surface area contributed by atoms with Gasteiger partial charge >= 0.3 is 0 Å². The Bertz CT molecular complexity index is 1290. The second-order valence-electron chi connectivity index (χ2n) is 8.95. The van der Waals surface area contributed by atoms with E-state index in [1.807, 2.05) is 12.1 Å². The molecule has 0 saturated carbocycles. The molecule has 1 fully saturated rings. The maximum absolute atomic E-state index is 14.4. The number of benzene rings is 3. The molecule has 6 nitrogen and oxygen atoms in total. The van der Waals surface area contributed by atoms with Crippen LogP contribution in [0.15, 0.2) is 54.6 Å². The van der Waals surface area contributed by atoms with Gasteiger partial charge in [-0.2, -0.15) is 0 Å². The summed E-state index contributed by atoms with van der Waals surface area (Å²) in [5.41, 5.74) is 3.32. The van der Waals surface area contributed by atoms with Gasteiger partial charge in [-0.1, -0.05) is 18.2 Å². The molecule has 0 aromatic heterocycles. The number of carbonyl (C=O) groups excluding carboxylic acids is 2. The molecule has 2 N–H and O–H groups in total. The highest BCUT2D eigenvalue weighted by Crippen LogP contribution is 2.38. The van der Waals surface area contributed by atoms with Crippen LogP contribution in [-0.2, 0) is 11.2 Å². The molecular weight excluding hydrogens is 464 g/mol. The molecule has 0 radical (unpaired) electrons. The predicted octanol–water partition coefficient (Wildman–Crippen LogP) is 4.76. The van der Waals surface area contributed by atoms with E-state index < -0.39 is 11.6 Å². The number of halogens is 2. The third kappa shape index (κ3) is 5.01. The van der Waals surface area contributed by atoms with E-state index in [9.17, 15) is 18.4 Å². The molecule has 3 aromatic rings. The van der Waals surface area contributed by atoms with Gasteiger partial charge in [0, 0.05) is 55.0 Å². The molecule has 1 saturated heterocycles. The highest BCUT2D eigenvalue weighted by Gasteiger charge is 2.28. The molecule has 0 atom stereocenters. The molecule has 0 bridgehead atoms. The van der Waals surface area contributed by atoms with Crippen LogP contribution >= 0.6 is 0 Å². The molecule has 186 valence electrons. The van der Waals surface area contributed by atoms with Crippen molar-refractivity contribution in [2.45, 2.75) is 12.8 Å². The number of fused-ring (bicyclic) bond motifs is 1. The van der Waals surface area contributed by atoms with Gasteiger partial charge in [0.15, 0.2) is 17.4 Å². The molecular formula is C28H27F2N3O3. The van der Waals surface area contributed by atoms with E-state index in [1.54, 1.807) is 24.3 Å². The summed E-state index contributed by atoms with van der Waals surface area (Å²) in [7, 11) is 0. The van der Waals surface area contributed by atoms with Crippen molar-refractivity contribution in [2.24, 2.45) is 0 Å². The predicted molar refractivity (Wildman–Crippen MR) is 135 cm³/mol. The Morgan fingerprint density at radius 2 is 1.72 bits per heavy atom. The standard InChI is InChI=1S/C28H27F2N3O3/c29-23-3-1-2-22(27(23)30)20-8-10-24(26-21(20)9-11-25(26)34)32-28(35)18-4-6-19(7-5-18)31-12-13-33-14-16-36-17-15-33/h1-8,10,31H,9,11-17H2,(H,32,35). The summed E-state index contributed by atoms with van der Waals surface area (Å²) >= 11 is 0.